The van der Waals surface area contributed by atoms with Crippen LogP contribution in [0.5, 0.6) is 0 Å². The molecule has 0 spiro atoms. The summed E-state index contributed by atoms with van der Waals surface area (Å²) in [4.78, 5) is 4.65. The molecule has 0 radical (unpaired) electrons. The fourth-order valence-electron chi connectivity index (χ4n) is 2.37. The van der Waals surface area contributed by atoms with Gasteiger partial charge in [-0.2, -0.15) is 0 Å². The van der Waals surface area contributed by atoms with Crippen molar-refractivity contribution in [1.29, 1.82) is 0 Å². The summed E-state index contributed by atoms with van der Waals surface area (Å²) in [6.45, 7) is 4.05. The second kappa shape index (κ2) is 7.11. The van der Waals surface area contributed by atoms with Crippen molar-refractivity contribution in [2.24, 2.45) is 4.99 Å². The van der Waals surface area contributed by atoms with Gasteiger partial charge in [-0.15, -0.1) is 0 Å². The molecule has 0 aliphatic heterocycles. The van der Waals surface area contributed by atoms with E-state index >= 15 is 0 Å². The Labute approximate surface area is 142 Å². The van der Waals surface area contributed by atoms with E-state index in [1.54, 1.807) is 0 Å². The van der Waals surface area contributed by atoms with Gasteiger partial charge in [-0.25, -0.2) is 10.1 Å². The average molecular weight is 316 g/mol. The van der Waals surface area contributed by atoms with Crippen molar-refractivity contribution < 1.29 is 5.21 Å². The lowest BCUT2D eigenvalue weighted by molar-refractivity contribution is 0.313. The lowest BCUT2D eigenvalue weighted by atomic mass is 10.1. The van der Waals surface area contributed by atoms with Crippen LogP contribution in [0.1, 0.15) is 16.7 Å². The number of aliphatic imine (C=N–C) groups is 1. The highest BCUT2D eigenvalue weighted by atomic mass is 16.5. The van der Waals surface area contributed by atoms with E-state index in [4.69, 9.17) is 0 Å². The van der Waals surface area contributed by atoms with Gasteiger partial charge in [0, 0.05) is 5.56 Å². The zero-order valence-corrected chi connectivity index (χ0v) is 13.8. The number of para-hydroxylation sites is 1. The summed E-state index contributed by atoms with van der Waals surface area (Å²) in [6.07, 6.45) is 0. The monoisotopic (exact) mass is 316 g/mol. The fourth-order valence-corrected chi connectivity index (χ4v) is 2.37. The molecular formula is C21H20N2O. The Morgan fingerprint density at radius 2 is 1.29 bits per heavy atom. The molecule has 0 unspecified atom stereocenters. The number of nitrogens with zero attached hydrogens (tertiary/aromatic N) is 2. The van der Waals surface area contributed by atoms with Crippen molar-refractivity contribution in [3.63, 3.8) is 0 Å². The molecule has 3 nitrogen and oxygen atoms in total. The smallest absolute Gasteiger partial charge is 0.165 e. The Kier molecular flexibility index (Phi) is 4.73. The molecule has 0 aliphatic carbocycles. The first-order valence-corrected chi connectivity index (χ1v) is 7.90. The number of aryl methyl sites for hydroxylation is 2. The van der Waals surface area contributed by atoms with Crippen LogP contribution in [0.25, 0.3) is 0 Å². The number of benzene rings is 3. The summed E-state index contributed by atoms with van der Waals surface area (Å²) >= 11 is 0. The average Bonchev–Trinajstić information content (AvgIpc) is 2.62. The van der Waals surface area contributed by atoms with Gasteiger partial charge in [0.2, 0.25) is 0 Å². The highest BCUT2D eigenvalue weighted by Gasteiger charge is 2.14. The third kappa shape index (κ3) is 3.70. The van der Waals surface area contributed by atoms with Gasteiger partial charge in [0.1, 0.15) is 0 Å². The number of anilines is 1. The Hall–Kier alpha value is -2.91. The lowest BCUT2D eigenvalue weighted by Crippen LogP contribution is -2.27. The van der Waals surface area contributed by atoms with Crippen LogP contribution in [-0.2, 0) is 0 Å². The van der Waals surface area contributed by atoms with E-state index in [2.05, 4.69) is 4.99 Å². The zero-order valence-electron chi connectivity index (χ0n) is 13.8. The maximum absolute atomic E-state index is 10.8. The fraction of sp³-hybridized carbons (Fsp3) is 0.0952. The molecule has 3 rings (SSSR count). The van der Waals surface area contributed by atoms with Crippen molar-refractivity contribution in [1.82, 2.24) is 0 Å². The SMILES string of the molecule is Cc1ccc(C(=Nc2ccccc2)N(O)c2ccc(C)cc2)cc1. The predicted molar refractivity (Wildman–Crippen MR) is 99.3 cm³/mol. The normalized spacial score (nSPS) is 11.4. The molecule has 0 bridgehead atoms. The number of rotatable bonds is 3. The number of hydrogen-bond acceptors (Lipinski definition) is 2. The first kappa shape index (κ1) is 16.0. The van der Waals surface area contributed by atoms with Crippen molar-refractivity contribution in [2.75, 3.05) is 5.06 Å². The van der Waals surface area contributed by atoms with Gasteiger partial charge in [0.15, 0.2) is 5.84 Å². The number of hydroxylamine groups is 1. The quantitative estimate of drug-likeness (QED) is 0.405. The minimum Gasteiger partial charge on any atom is -0.282 e. The van der Waals surface area contributed by atoms with Crippen LogP contribution in [-0.4, -0.2) is 11.0 Å². The van der Waals surface area contributed by atoms with E-state index < -0.39 is 0 Å². The highest BCUT2D eigenvalue weighted by molar-refractivity contribution is 6.09. The second-order valence-electron chi connectivity index (χ2n) is 5.78. The van der Waals surface area contributed by atoms with E-state index in [-0.39, 0.29) is 0 Å². The second-order valence-corrected chi connectivity index (χ2v) is 5.78. The van der Waals surface area contributed by atoms with Crippen LogP contribution in [0.2, 0.25) is 0 Å². The summed E-state index contributed by atoms with van der Waals surface area (Å²) in [5, 5.41) is 11.9. The molecule has 24 heavy (non-hydrogen) atoms. The molecule has 0 saturated heterocycles. The first-order valence-electron chi connectivity index (χ1n) is 7.90. The summed E-state index contributed by atoms with van der Waals surface area (Å²) in [6, 6.07) is 25.3. The lowest BCUT2D eigenvalue weighted by Gasteiger charge is -2.20. The maximum Gasteiger partial charge on any atom is 0.165 e. The molecule has 3 aromatic rings. The number of hydrogen-bond donors (Lipinski definition) is 1. The third-order valence-corrected chi connectivity index (χ3v) is 3.78. The number of amidine groups is 1. The summed E-state index contributed by atoms with van der Waals surface area (Å²) in [5.41, 5.74) is 4.63. The van der Waals surface area contributed by atoms with Crippen molar-refractivity contribution in [2.45, 2.75) is 13.8 Å². The van der Waals surface area contributed by atoms with Gasteiger partial charge in [-0.05, 0) is 38.1 Å². The largest absolute Gasteiger partial charge is 0.282 e. The van der Waals surface area contributed by atoms with Gasteiger partial charge in [-0.1, -0.05) is 65.7 Å². The van der Waals surface area contributed by atoms with Gasteiger partial charge < -0.3 is 0 Å². The predicted octanol–water partition coefficient (Wildman–Crippen LogP) is 5.28. The molecule has 0 amide bonds. The molecule has 0 fully saturated rings. The summed E-state index contributed by atoms with van der Waals surface area (Å²) < 4.78 is 0. The summed E-state index contributed by atoms with van der Waals surface area (Å²) in [5.74, 6) is 0.491. The van der Waals surface area contributed by atoms with Gasteiger partial charge in [0.05, 0.1) is 11.4 Å². The molecular weight excluding hydrogens is 296 g/mol. The Balaban J connectivity index is 2.06. The molecule has 3 aromatic carbocycles. The van der Waals surface area contributed by atoms with Crippen LogP contribution in [0.4, 0.5) is 11.4 Å². The molecule has 0 aromatic heterocycles. The molecule has 120 valence electrons. The molecule has 0 aliphatic rings. The van der Waals surface area contributed by atoms with Crippen LogP contribution in [0, 0.1) is 13.8 Å². The van der Waals surface area contributed by atoms with E-state index in [0.29, 0.717) is 11.5 Å². The highest BCUT2D eigenvalue weighted by Crippen LogP contribution is 2.20. The van der Waals surface area contributed by atoms with Gasteiger partial charge in [-0.3, -0.25) is 5.21 Å². The van der Waals surface area contributed by atoms with E-state index in [1.165, 1.54) is 0 Å². The Morgan fingerprint density at radius 3 is 1.88 bits per heavy atom. The van der Waals surface area contributed by atoms with E-state index in [0.717, 1.165) is 27.4 Å². The van der Waals surface area contributed by atoms with Gasteiger partial charge in [0.25, 0.3) is 0 Å². The molecule has 0 saturated carbocycles. The molecule has 0 heterocycles. The zero-order chi connectivity index (χ0) is 16.9. The van der Waals surface area contributed by atoms with E-state index in [1.807, 2.05) is 92.7 Å². The molecule has 1 N–H and O–H groups in total. The van der Waals surface area contributed by atoms with Crippen molar-refractivity contribution in [3.8, 4) is 0 Å². The minimum atomic E-state index is 0.491. The first-order chi connectivity index (χ1) is 11.6. The Morgan fingerprint density at radius 1 is 0.750 bits per heavy atom. The van der Waals surface area contributed by atoms with Crippen LogP contribution in [0.3, 0.4) is 0 Å². The maximum atomic E-state index is 10.8. The van der Waals surface area contributed by atoms with Gasteiger partial charge >= 0.3 is 0 Å². The molecule has 3 heteroatoms. The molecule has 0 atom stereocenters. The topological polar surface area (TPSA) is 35.8 Å². The third-order valence-electron chi connectivity index (χ3n) is 3.78. The Bertz CT molecular complexity index is 822. The van der Waals surface area contributed by atoms with Crippen molar-refractivity contribution >= 4 is 17.2 Å². The van der Waals surface area contributed by atoms with E-state index in [9.17, 15) is 5.21 Å². The standard InChI is InChI=1S/C21H20N2O/c1-16-8-12-18(13-9-16)21(22-19-6-4-3-5-7-19)23(24)20-14-10-17(2)11-15-20/h3-15,24H,1-2H3. The van der Waals surface area contributed by atoms with Crippen LogP contribution < -0.4 is 5.06 Å². The van der Waals surface area contributed by atoms with Crippen LogP contribution in [0.15, 0.2) is 83.9 Å². The van der Waals surface area contributed by atoms with Crippen LogP contribution >= 0.6 is 0 Å². The summed E-state index contributed by atoms with van der Waals surface area (Å²) in [7, 11) is 0. The minimum absolute atomic E-state index is 0.491. The van der Waals surface area contributed by atoms with Crippen molar-refractivity contribution in [3.05, 3.63) is 95.6 Å².